The van der Waals surface area contributed by atoms with Gasteiger partial charge in [-0.1, -0.05) is 24.3 Å². The molecule has 4 rings (SSSR count). The number of carbonyl (C=O) groups is 1. The number of piperidine rings is 1. The first-order valence-corrected chi connectivity index (χ1v) is 9.72. The lowest BCUT2D eigenvalue weighted by Gasteiger charge is -2.33. The molecule has 1 fully saturated rings. The van der Waals surface area contributed by atoms with E-state index in [-0.39, 0.29) is 17.5 Å². The number of fused-ring (bicyclic) bond motifs is 1. The van der Waals surface area contributed by atoms with Gasteiger partial charge in [0.15, 0.2) is 0 Å². The highest BCUT2D eigenvalue weighted by molar-refractivity contribution is 5.92. The number of likely N-dealkylation sites (tertiary alicyclic amines) is 1. The third-order valence-corrected chi connectivity index (χ3v) is 5.30. The molecule has 1 aromatic heterocycles. The van der Waals surface area contributed by atoms with Gasteiger partial charge in [-0.15, -0.1) is 0 Å². The predicted octanol–water partition coefficient (Wildman–Crippen LogP) is 3.28. The van der Waals surface area contributed by atoms with Crippen molar-refractivity contribution in [2.75, 3.05) is 20.2 Å². The van der Waals surface area contributed by atoms with Crippen LogP contribution in [0.3, 0.4) is 0 Å². The number of nitrogens with zero attached hydrogens (tertiary/aromatic N) is 3. The number of amides is 1. The number of methoxy groups -OCH3 is 1. The number of ether oxygens (including phenoxy) is 1. The summed E-state index contributed by atoms with van der Waals surface area (Å²) >= 11 is 0. The second-order valence-corrected chi connectivity index (χ2v) is 7.16. The van der Waals surface area contributed by atoms with Crippen molar-refractivity contribution in [2.24, 2.45) is 0 Å². The van der Waals surface area contributed by atoms with E-state index in [9.17, 15) is 9.59 Å². The standard InChI is InChI=1S/C23H23N3O3/c1-29-19-8-4-6-17(14-19)11-12-22(27)25-13-5-7-18(15-25)26-16-24-21-10-3-2-9-20(21)23(26)28/h2-4,6,8-12,14,16,18H,5,7,13,15H2,1H3/b12-11+/t18-/m0/s1. The van der Waals surface area contributed by atoms with Crippen LogP contribution < -0.4 is 10.3 Å². The molecule has 2 heterocycles. The number of hydrogen-bond acceptors (Lipinski definition) is 4. The molecular formula is C23H23N3O3. The maximum atomic E-state index is 12.9. The van der Waals surface area contributed by atoms with Crippen LogP contribution in [0.1, 0.15) is 24.4 Å². The molecule has 0 spiro atoms. The van der Waals surface area contributed by atoms with Crippen molar-refractivity contribution in [3.05, 3.63) is 76.9 Å². The summed E-state index contributed by atoms with van der Waals surface area (Å²) in [6, 6.07) is 14.8. The molecule has 0 radical (unpaired) electrons. The van der Waals surface area contributed by atoms with Crippen molar-refractivity contribution >= 4 is 22.9 Å². The molecule has 0 unspecified atom stereocenters. The van der Waals surface area contributed by atoms with E-state index in [1.54, 1.807) is 41.1 Å². The van der Waals surface area contributed by atoms with Gasteiger partial charge in [0.1, 0.15) is 5.75 Å². The second-order valence-electron chi connectivity index (χ2n) is 7.16. The minimum absolute atomic E-state index is 0.0539. The number of hydrogen-bond donors (Lipinski definition) is 0. The molecule has 29 heavy (non-hydrogen) atoms. The number of rotatable bonds is 4. The molecule has 148 valence electrons. The summed E-state index contributed by atoms with van der Waals surface area (Å²) in [6.45, 7) is 1.19. The zero-order chi connectivity index (χ0) is 20.2. The summed E-state index contributed by atoms with van der Waals surface area (Å²) in [5.74, 6) is 0.695. The quantitative estimate of drug-likeness (QED) is 0.643. The molecule has 0 bridgehead atoms. The molecule has 1 aliphatic heterocycles. The number of aromatic nitrogens is 2. The monoisotopic (exact) mass is 389 g/mol. The molecular weight excluding hydrogens is 366 g/mol. The highest BCUT2D eigenvalue weighted by atomic mass is 16.5. The fraction of sp³-hybridized carbons (Fsp3) is 0.261. The first-order valence-electron chi connectivity index (χ1n) is 9.72. The van der Waals surface area contributed by atoms with Gasteiger partial charge in [-0.05, 0) is 48.7 Å². The Balaban J connectivity index is 1.51. The van der Waals surface area contributed by atoms with Crippen LogP contribution in [0, 0.1) is 0 Å². The third-order valence-electron chi connectivity index (χ3n) is 5.30. The number of carbonyl (C=O) groups excluding carboxylic acids is 1. The van der Waals surface area contributed by atoms with Crippen LogP contribution in [0.25, 0.3) is 17.0 Å². The fourth-order valence-corrected chi connectivity index (χ4v) is 3.74. The average Bonchev–Trinajstić information content (AvgIpc) is 2.78. The van der Waals surface area contributed by atoms with Gasteiger partial charge in [-0.25, -0.2) is 4.98 Å². The van der Waals surface area contributed by atoms with E-state index in [1.165, 1.54) is 0 Å². The molecule has 0 aliphatic carbocycles. The SMILES string of the molecule is COc1cccc(/C=C/C(=O)N2CCC[C@H](n3cnc4ccccc4c3=O)C2)c1. The second kappa shape index (κ2) is 8.31. The summed E-state index contributed by atoms with van der Waals surface area (Å²) in [6.07, 6.45) is 6.68. The zero-order valence-electron chi connectivity index (χ0n) is 16.3. The van der Waals surface area contributed by atoms with E-state index in [1.807, 2.05) is 42.5 Å². The number of para-hydroxylation sites is 1. The van der Waals surface area contributed by atoms with E-state index in [4.69, 9.17) is 4.74 Å². The minimum Gasteiger partial charge on any atom is -0.497 e. The van der Waals surface area contributed by atoms with E-state index in [2.05, 4.69) is 4.98 Å². The molecule has 1 aliphatic rings. The van der Waals surface area contributed by atoms with Gasteiger partial charge in [0, 0.05) is 19.2 Å². The van der Waals surface area contributed by atoms with Crippen molar-refractivity contribution in [3.8, 4) is 5.75 Å². The Morgan fingerprint density at radius 3 is 2.93 bits per heavy atom. The predicted molar refractivity (Wildman–Crippen MR) is 113 cm³/mol. The minimum atomic E-state index is -0.0671. The Labute approximate surface area is 169 Å². The molecule has 1 saturated heterocycles. The van der Waals surface area contributed by atoms with Crippen LogP contribution in [0.2, 0.25) is 0 Å². The van der Waals surface area contributed by atoms with Crippen molar-refractivity contribution in [2.45, 2.75) is 18.9 Å². The fourth-order valence-electron chi connectivity index (χ4n) is 3.74. The van der Waals surface area contributed by atoms with Crippen molar-refractivity contribution in [1.82, 2.24) is 14.5 Å². The first kappa shape index (κ1) is 18.9. The maximum Gasteiger partial charge on any atom is 0.261 e. The van der Waals surface area contributed by atoms with Gasteiger partial charge in [0.2, 0.25) is 5.91 Å². The lowest BCUT2D eigenvalue weighted by Crippen LogP contribution is -2.42. The smallest absolute Gasteiger partial charge is 0.261 e. The van der Waals surface area contributed by atoms with E-state index < -0.39 is 0 Å². The van der Waals surface area contributed by atoms with Gasteiger partial charge in [0.25, 0.3) is 5.56 Å². The molecule has 0 saturated carbocycles. The summed E-state index contributed by atoms with van der Waals surface area (Å²) in [4.78, 5) is 31.8. The Morgan fingerprint density at radius 2 is 2.07 bits per heavy atom. The third kappa shape index (κ3) is 4.06. The zero-order valence-corrected chi connectivity index (χ0v) is 16.3. The van der Waals surface area contributed by atoms with Crippen LogP contribution in [-0.4, -0.2) is 40.6 Å². The Hall–Kier alpha value is -3.41. The van der Waals surface area contributed by atoms with E-state index in [0.717, 1.165) is 24.2 Å². The molecule has 0 N–H and O–H groups in total. The average molecular weight is 389 g/mol. The topological polar surface area (TPSA) is 64.4 Å². The van der Waals surface area contributed by atoms with Gasteiger partial charge in [-0.3, -0.25) is 14.2 Å². The van der Waals surface area contributed by atoms with Crippen molar-refractivity contribution in [1.29, 1.82) is 0 Å². The van der Waals surface area contributed by atoms with E-state index in [0.29, 0.717) is 24.0 Å². The summed E-state index contributed by atoms with van der Waals surface area (Å²) in [5, 5.41) is 0.608. The van der Waals surface area contributed by atoms with Gasteiger partial charge in [-0.2, -0.15) is 0 Å². The van der Waals surface area contributed by atoms with Gasteiger partial charge in [0.05, 0.1) is 30.4 Å². The lowest BCUT2D eigenvalue weighted by molar-refractivity contribution is -0.127. The largest absolute Gasteiger partial charge is 0.497 e. The molecule has 6 heteroatoms. The molecule has 3 aromatic rings. The van der Waals surface area contributed by atoms with Gasteiger partial charge >= 0.3 is 0 Å². The van der Waals surface area contributed by atoms with Crippen molar-refractivity contribution < 1.29 is 9.53 Å². The molecule has 1 atom stereocenters. The Morgan fingerprint density at radius 1 is 1.21 bits per heavy atom. The summed E-state index contributed by atoms with van der Waals surface area (Å²) < 4.78 is 6.89. The van der Waals surface area contributed by atoms with Crippen LogP contribution >= 0.6 is 0 Å². The molecule has 6 nitrogen and oxygen atoms in total. The van der Waals surface area contributed by atoms with E-state index >= 15 is 0 Å². The van der Waals surface area contributed by atoms with Crippen LogP contribution in [0.5, 0.6) is 5.75 Å². The van der Waals surface area contributed by atoms with Crippen LogP contribution in [-0.2, 0) is 4.79 Å². The van der Waals surface area contributed by atoms with Crippen LogP contribution in [0.15, 0.2) is 65.7 Å². The molecule has 1 amide bonds. The Kier molecular flexibility index (Phi) is 5.42. The Bertz CT molecular complexity index is 1120. The first-order chi connectivity index (χ1) is 14.2. The molecule has 2 aromatic carbocycles. The highest BCUT2D eigenvalue weighted by Gasteiger charge is 2.24. The van der Waals surface area contributed by atoms with Crippen molar-refractivity contribution in [3.63, 3.8) is 0 Å². The highest BCUT2D eigenvalue weighted by Crippen LogP contribution is 2.21. The van der Waals surface area contributed by atoms with Gasteiger partial charge < -0.3 is 9.64 Å². The summed E-state index contributed by atoms with van der Waals surface area (Å²) in [7, 11) is 1.62. The maximum absolute atomic E-state index is 12.9. The van der Waals surface area contributed by atoms with Crippen LogP contribution in [0.4, 0.5) is 0 Å². The lowest BCUT2D eigenvalue weighted by atomic mass is 10.0. The summed E-state index contributed by atoms with van der Waals surface area (Å²) in [5.41, 5.74) is 1.54. The number of benzene rings is 2. The normalized spacial score (nSPS) is 17.0.